The highest BCUT2D eigenvalue weighted by molar-refractivity contribution is 7.02. The van der Waals surface area contributed by atoms with Crippen molar-refractivity contribution < 1.29 is 9.47 Å². The molecule has 11 aromatic carbocycles. The van der Waals surface area contributed by atoms with Crippen molar-refractivity contribution in [2.24, 2.45) is 0 Å². The first kappa shape index (κ1) is 40.4. The van der Waals surface area contributed by atoms with Gasteiger partial charge in [0.1, 0.15) is 23.0 Å². The van der Waals surface area contributed by atoms with Gasteiger partial charge in [-0.2, -0.15) is 0 Å². The van der Waals surface area contributed by atoms with Gasteiger partial charge in [0.15, 0.2) is 0 Å². The summed E-state index contributed by atoms with van der Waals surface area (Å²) >= 11 is 0. The molecule has 6 heterocycles. The number of aromatic nitrogens is 2. The number of aryl methyl sites for hydroxylation is 2. The predicted octanol–water partition coefficient (Wildman–Crippen LogP) is 13.0. The number of benzene rings is 11. The fourth-order valence-electron chi connectivity index (χ4n) is 13.5. The molecule has 0 bridgehead atoms. The van der Waals surface area contributed by atoms with E-state index in [9.17, 15) is 0 Å². The van der Waals surface area contributed by atoms with Crippen LogP contribution < -0.4 is 42.3 Å². The molecule has 0 saturated heterocycles. The summed E-state index contributed by atoms with van der Waals surface area (Å²) in [5, 5.41) is 4.86. The molecule has 74 heavy (non-hydrogen) atoms. The molecule has 0 spiro atoms. The Morgan fingerprint density at radius 1 is 0.311 bits per heavy atom. The molecule has 0 radical (unpaired) electrons. The molecular formula is C68H42B2N2O2. The van der Waals surface area contributed by atoms with Crippen LogP contribution in [-0.4, -0.2) is 22.6 Å². The molecular weight excluding hydrogens is 898 g/mol. The Hall–Kier alpha value is -9.25. The van der Waals surface area contributed by atoms with E-state index >= 15 is 0 Å². The zero-order chi connectivity index (χ0) is 48.5. The maximum atomic E-state index is 7.71. The Bertz CT molecular complexity index is 4320. The molecule has 0 unspecified atom stereocenters. The Balaban J connectivity index is 1.07. The highest BCUT2D eigenvalue weighted by Gasteiger charge is 2.50. The summed E-state index contributed by atoms with van der Waals surface area (Å²) in [7, 11) is 0. The lowest BCUT2D eigenvalue weighted by Crippen LogP contribution is -2.63. The van der Waals surface area contributed by atoms with Gasteiger partial charge in [0.25, 0.3) is 13.4 Å². The smallest absolute Gasteiger partial charge is 0.256 e. The van der Waals surface area contributed by atoms with Gasteiger partial charge in [-0.3, -0.25) is 0 Å². The molecule has 0 saturated carbocycles. The molecule has 4 aliphatic rings. The monoisotopic (exact) mass is 940 g/mol. The van der Waals surface area contributed by atoms with Crippen molar-refractivity contribution >= 4 is 89.8 Å². The van der Waals surface area contributed by atoms with E-state index in [0.717, 1.165) is 56.3 Å². The van der Waals surface area contributed by atoms with Crippen molar-refractivity contribution in [3.05, 3.63) is 230 Å². The average Bonchev–Trinajstić information content (AvgIpc) is 4.00. The highest BCUT2D eigenvalue weighted by atomic mass is 16.5. The average molecular weight is 941 g/mol. The number of fused-ring (bicyclic) bond motifs is 16. The summed E-state index contributed by atoms with van der Waals surface area (Å²) in [6.07, 6.45) is 0. The molecule has 13 aromatic rings. The zero-order valence-electron chi connectivity index (χ0n) is 40.7. The summed E-state index contributed by atoms with van der Waals surface area (Å²) in [6, 6.07) is 80.8. The SMILES string of the molecule is Cc1ccc2c(c1)B1c3c(c4c5c(c3-n3c6ccc(-c7ccccc7)cc6c6cc(-c7ccccc7)cc1c63)Oc1ccc(C)cc1B5c1cc(-c3ccccc3)cc3c5cc(-c6ccccc6)ccc5n-4c13)O2. The van der Waals surface area contributed by atoms with E-state index in [1.807, 2.05) is 0 Å². The molecule has 0 amide bonds. The van der Waals surface area contributed by atoms with Crippen LogP contribution in [0.5, 0.6) is 23.0 Å². The molecule has 4 nitrogen and oxygen atoms in total. The van der Waals surface area contributed by atoms with E-state index in [-0.39, 0.29) is 13.4 Å². The molecule has 6 heteroatoms. The van der Waals surface area contributed by atoms with Crippen molar-refractivity contribution in [3.8, 4) is 78.9 Å². The van der Waals surface area contributed by atoms with Gasteiger partial charge in [-0.25, -0.2) is 0 Å². The zero-order valence-corrected chi connectivity index (χ0v) is 40.7. The minimum atomic E-state index is -0.174. The number of hydrogen-bond acceptors (Lipinski definition) is 2. The lowest BCUT2D eigenvalue weighted by atomic mass is 9.31. The van der Waals surface area contributed by atoms with Gasteiger partial charge in [0, 0.05) is 43.5 Å². The third kappa shape index (κ3) is 5.39. The Kier molecular flexibility index (Phi) is 8.01. The maximum Gasteiger partial charge on any atom is 0.256 e. The lowest BCUT2D eigenvalue weighted by Gasteiger charge is -2.41. The van der Waals surface area contributed by atoms with Gasteiger partial charge in [-0.1, -0.05) is 181 Å². The fraction of sp³-hybridized carbons (Fsp3) is 0.0294. The van der Waals surface area contributed by atoms with Crippen molar-refractivity contribution in [1.29, 1.82) is 0 Å². The minimum Gasteiger partial charge on any atom is -0.456 e. The molecule has 2 aromatic heterocycles. The van der Waals surface area contributed by atoms with Crippen molar-refractivity contribution in [1.82, 2.24) is 9.13 Å². The third-order valence-electron chi connectivity index (χ3n) is 16.7. The van der Waals surface area contributed by atoms with E-state index in [0.29, 0.717) is 0 Å². The van der Waals surface area contributed by atoms with Crippen LogP contribution in [0, 0.1) is 13.8 Å². The summed E-state index contributed by atoms with van der Waals surface area (Å²) in [5.74, 6) is 3.55. The standard InChI is InChI=1S/C68H42B2N2O2/c1-39-23-29-59-53(31-39)69-55-37-47(43-19-11-5-12-20-43)35-51-49-33-45(41-15-7-3-8-16-41)25-27-57(49)71(63(51)55)65-61(69)67(73-59)66-62-68(65)74-60-30-24-40(2)32-54(60)70(62)56-38-48(44-21-13-6-14-22-44)36-52-50-34-46(42-17-9-4-10-18-42)26-28-58(50)72(66)64(52)56/h3-38H,1-2H3. The topological polar surface area (TPSA) is 28.3 Å². The van der Waals surface area contributed by atoms with E-state index in [1.165, 1.54) is 110 Å². The van der Waals surface area contributed by atoms with Crippen LogP contribution in [0.2, 0.25) is 0 Å². The molecule has 0 N–H and O–H groups in total. The van der Waals surface area contributed by atoms with E-state index in [2.05, 4.69) is 241 Å². The maximum absolute atomic E-state index is 7.71. The number of rotatable bonds is 4. The van der Waals surface area contributed by atoms with Crippen LogP contribution in [0.1, 0.15) is 11.1 Å². The first-order chi connectivity index (χ1) is 36.5. The highest BCUT2D eigenvalue weighted by Crippen LogP contribution is 2.50. The first-order valence-corrected chi connectivity index (χ1v) is 25.8. The summed E-state index contributed by atoms with van der Waals surface area (Å²) in [6.45, 7) is 4.06. The van der Waals surface area contributed by atoms with Crippen molar-refractivity contribution in [2.45, 2.75) is 13.8 Å². The predicted molar refractivity (Wildman–Crippen MR) is 309 cm³/mol. The van der Waals surface area contributed by atoms with Gasteiger partial charge >= 0.3 is 0 Å². The summed E-state index contributed by atoms with van der Waals surface area (Å²) in [5.41, 5.74) is 25.8. The Morgan fingerprint density at radius 3 is 1.07 bits per heavy atom. The van der Waals surface area contributed by atoms with E-state index < -0.39 is 0 Å². The lowest BCUT2D eigenvalue weighted by molar-refractivity contribution is 0.472. The Labute approximate surface area is 428 Å². The largest absolute Gasteiger partial charge is 0.456 e. The third-order valence-corrected chi connectivity index (χ3v) is 16.7. The summed E-state index contributed by atoms with van der Waals surface area (Å²) < 4.78 is 20.5. The number of ether oxygens (including phenoxy) is 2. The quantitative estimate of drug-likeness (QED) is 0.165. The van der Waals surface area contributed by atoms with Crippen LogP contribution in [0.4, 0.5) is 0 Å². The van der Waals surface area contributed by atoms with Gasteiger partial charge in [0.2, 0.25) is 0 Å². The molecule has 4 aliphatic heterocycles. The van der Waals surface area contributed by atoms with Gasteiger partial charge in [0.05, 0.1) is 22.4 Å². The van der Waals surface area contributed by atoms with Crippen molar-refractivity contribution in [3.63, 3.8) is 0 Å². The molecule has 0 aliphatic carbocycles. The minimum absolute atomic E-state index is 0.174. The van der Waals surface area contributed by atoms with Gasteiger partial charge in [-0.15, -0.1) is 0 Å². The summed E-state index contributed by atoms with van der Waals surface area (Å²) in [4.78, 5) is 0. The van der Waals surface area contributed by atoms with Crippen LogP contribution >= 0.6 is 0 Å². The first-order valence-electron chi connectivity index (χ1n) is 25.8. The van der Waals surface area contributed by atoms with Gasteiger partial charge < -0.3 is 18.6 Å². The van der Waals surface area contributed by atoms with E-state index in [4.69, 9.17) is 9.47 Å². The second-order valence-electron chi connectivity index (χ2n) is 20.9. The van der Waals surface area contributed by atoms with E-state index in [1.54, 1.807) is 0 Å². The number of nitrogens with zero attached hydrogens (tertiary/aromatic N) is 2. The van der Waals surface area contributed by atoms with Crippen LogP contribution in [0.3, 0.4) is 0 Å². The second kappa shape index (κ2) is 14.7. The Morgan fingerprint density at radius 2 is 0.676 bits per heavy atom. The second-order valence-corrected chi connectivity index (χ2v) is 20.9. The van der Waals surface area contributed by atoms with Crippen LogP contribution in [0.15, 0.2) is 218 Å². The molecule has 342 valence electrons. The van der Waals surface area contributed by atoms with Crippen LogP contribution in [0.25, 0.3) is 99.5 Å². The fourth-order valence-corrected chi connectivity index (χ4v) is 13.5. The van der Waals surface area contributed by atoms with Crippen molar-refractivity contribution in [2.75, 3.05) is 0 Å². The normalized spacial score (nSPS) is 13.2. The molecule has 0 atom stereocenters. The van der Waals surface area contributed by atoms with Gasteiger partial charge in [-0.05, 0) is 129 Å². The molecule has 17 rings (SSSR count). The number of hydrogen-bond donors (Lipinski definition) is 0. The molecule has 0 fully saturated rings. The van der Waals surface area contributed by atoms with Crippen LogP contribution in [-0.2, 0) is 0 Å².